The number of hydrogen-bond acceptors (Lipinski definition) is 4. The molecule has 1 fully saturated rings. The number of carbonyl (C=O) groups excluding carboxylic acids is 1. The minimum absolute atomic E-state index is 0.0657. The molecule has 0 atom stereocenters. The minimum Gasteiger partial charge on any atom is -0.481 e. The molecule has 0 bridgehead atoms. The molecule has 0 radical (unpaired) electrons. The van der Waals surface area contributed by atoms with Crippen LogP contribution in [0.4, 0.5) is 11.5 Å². The highest BCUT2D eigenvalue weighted by atomic mass is 16.5. The molecule has 1 aliphatic heterocycles. The van der Waals surface area contributed by atoms with Crippen molar-refractivity contribution < 1.29 is 9.53 Å². The van der Waals surface area contributed by atoms with Crippen LogP contribution >= 0.6 is 0 Å². The monoisotopic (exact) mass is 465 g/mol. The quantitative estimate of drug-likeness (QED) is 0.363. The van der Waals surface area contributed by atoms with Gasteiger partial charge in [0, 0.05) is 24.2 Å². The molecule has 5 nitrogen and oxygen atoms in total. The zero-order chi connectivity index (χ0) is 24.0. The summed E-state index contributed by atoms with van der Waals surface area (Å²) >= 11 is 0. The number of ether oxygens (including phenoxy) is 1. The minimum atomic E-state index is -0.192. The van der Waals surface area contributed by atoms with E-state index >= 15 is 0 Å². The number of fused-ring (bicyclic) bond motifs is 1. The van der Waals surface area contributed by atoms with Crippen molar-refractivity contribution in [3.8, 4) is 5.75 Å². The zero-order valence-electron chi connectivity index (χ0n) is 20.1. The predicted octanol–water partition coefficient (Wildman–Crippen LogP) is 6.02. The second-order valence-corrected chi connectivity index (χ2v) is 9.32. The molecule has 35 heavy (non-hydrogen) atoms. The van der Waals surface area contributed by atoms with Crippen LogP contribution in [-0.2, 0) is 11.2 Å². The van der Waals surface area contributed by atoms with Gasteiger partial charge in [0.2, 0.25) is 0 Å². The van der Waals surface area contributed by atoms with Crippen molar-refractivity contribution in [2.75, 3.05) is 29.9 Å². The molecule has 2 heterocycles. The van der Waals surface area contributed by atoms with Gasteiger partial charge in [0.05, 0.1) is 0 Å². The number of piperidine rings is 1. The number of amides is 1. The van der Waals surface area contributed by atoms with Gasteiger partial charge >= 0.3 is 0 Å². The lowest BCUT2D eigenvalue weighted by Gasteiger charge is -2.33. The van der Waals surface area contributed by atoms with E-state index in [0.717, 1.165) is 60.3 Å². The molecule has 1 saturated heterocycles. The molecule has 3 aromatic carbocycles. The number of nitrogens with zero attached hydrogens (tertiary/aromatic N) is 2. The number of carbonyl (C=O) groups is 1. The molecule has 1 N–H and O–H groups in total. The molecule has 0 spiro atoms. The molecule has 1 aliphatic rings. The summed E-state index contributed by atoms with van der Waals surface area (Å²) in [6.45, 7) is 3.95. The summed E-state index contributed by atoms with van der Waals surface area (Å²) in [6, 6.07) is 28.5. The van der Waals surface area contributed by atoms with Crippen LogP contribution in [0.5, 0.6) is 5.75 Å². The third-order valence-electron chi connectivity index (χ3n) is 6.67. The predicted molar refractivity (Wildman–Crippen MR) is 142 cm³/mol. The number of anilines is 2. The summed E-state index contributed by atoms with van der Waals surface area (Å²) in [5.74, 6) is 2.11. The molecule has 1 amide bonds. The van der Waals surface area contributed by atoms with E-state index in [4.69, 9.17) is 9.72 Å². The van der Waals surface area contributed by atoms with Gasteiger partial charge < -0.3 is 15.0 Å². The van der Waals surface area contributed by atoms with Gasteiger partial charge in [-0.2, -0.15) is 0 Å². The molecule has 1 aromatic heterocycles. The Morgan fingerprint density at radius 2 is 1.71 bits per heavy atom. The first-order valence-electron chi connectivity index (χ1n) is 12.3. The maximum atomic E-state index is 12.4. The smallest absolute Gasteiger partial charge is 0.262 e. The Hall–Kier alpha value is -3.86. The maximum absolute atomic E-state index is 12.4. The summed E-state index contributed by atoms with van der Waals surface area (Å²) in [4.78, 5) is 19.7. The van der Waals surface area contributed by atoms with Crippen LogP contribution in [0.2, 0.25) is 0 Å². The van der Waals surface area contributed by atoms with E-state index in [2.05, 4.69) is 52.7 Å². The number of aromatic nitrogens is 1. The van der Waals surface area contributed by atoms with Gasteiger partial charge in [0.1, 0.15) is 17.1 Å². The lowest BCUT2D eigenvalue weighted by molar-refractivity contribution is -0.118. The topological polar surface area (TPSA) is 54.5 Å². The maximum Gasteiger partial charge on any atom is 0.262 e. The fourth-order valence-electron chi connectivity index (χ4n) is 4.69. The highest BCUT2D eigenvalue weighted by Crippen LogP contribution is 2.29. The number of rotatable bonds is 7. The molecule has 0 unspecified atom stereocenters. The molecular weight excluding hydrogens is 434 g/mol. The Bertz CT molecular complexity index is 1280. The van der Waals surface area contributed by atoms with Gasteiger partial charge in [-0.1, -0.05) is 60.2 Å². The van der Waals surface area contributed by atoms with E-state index in [1.54, 1.807) is 0 Å². The van der Waals surface area contributed by atoms with E-state index in [-0.39, 0.29) is 12.5 Å². The number of hydrogen-bond donors (Lipinski definition) is 1. The first kappa shape index (κ1) is 22.9. The fourth-order valence-corrected chi connectivity index (χ4v) is 4.69. The lowest BCUT2D eigenvalue weighted by atomic mass is 9.90. The Labute approximate surface area is 206 Å². The van der Waals surface area contributed by atoms with Crippen LogP contribution in [-0.4, -0.2) is 30.6 Å². The number of pyridine rings is 1. The zero-order valence-corrected chi connectivity index (χ0v) is 20.1. The first-order valence-corrected chi connectivity index (χ1v) is 12.3. The highest BCUT2D eigenvalue weighted by Gasteiger charge is 2.21. The second kappa shape index (κ2) is 10.6. The van der Waals surface area contributed by atoms with Gasteiger partial charge in [0.25, 0.3) is 5.91 Å². The Kier molecular flexibility index (Phi) is 6.94. The molecule has 5 rings (SSSR count). The summed E-state index contributed by atoms with van der Waals surface area (Å²) in [7, 11) is 0. The average Bonchev–Trinajstić information content (AvgIpc) is 2.89. The summed E-state index contributed by atoms with van der Waals surface area (Å²) in [5.41, 5.74) is 4.12. The van der Waals surface area contributed by atoms with Crippen molar-refractivity contribution in [3.63, 3.8) is 0 Å². The van der Waals surface area contributed by atoms with E-state index in [1.807, 2.05) is 49.4 Å². The normalized spacial score (nSPS) is 14.1. The lowest BCUT2D eigenvalue weighted by Crippen LogP contribution is -2.34. The van der Waals surface area contributed by atoms with E-state index in [0.29, 0.717) is 11.7 Å². The number of benzene rings is 3. The van der Waals surface area contributed by atoms with Crippen LogP contribution < -0.4 is 15.0 Å². The van der Waals surface area contributed by atoms with Crippen LogP contribution in [0, 0.1) is 12.8 Å². The van der Waals surface area contributed by atoms with Gasteiger partial charge in [-0.25, -0.2) is 4.98 Å². The average molecular weight is 466 g/mol. The Morgan fingerprint density at radius 1 is 0.943 bits per heavy atom. The third kappa shape index (κ3) is 5.80. The molecule has 0 aliphatic carbocycles. The second-order valence-electron chi connectivity index (χ2n) is 9.32. The first-order chi connectivity index (χ1) is 17.1. The van der Waals surface area contributed by atoms with Crippen LogP contribution in [0.15, 0.2) is 84.9 Å². The number of nitrogens with one attached hydrogen (secondary N) is 1. The standard InChI is InChI=1S/C30H31N3O2/c1-22-10-13-26(14-11-22)31-29(34)21-35-27-9-5-8-25-12-15-28(32-30(25)27)33-18-16-24(17-19-33)20-23-6-3-2-4-7-23/h2-15,24H,16-21H2,1H3,(H,31,34). The van der Waals surface area contributed by atoms with Crippen LogP contribution in [0.3, 0.4) is 0 Å². The van der Waals surface area contributed by atoms with Gasteiger partial charge in [-0.3, -0.25) is 4.79 Å². The fraction of sp³-hybridized carbons (Fsp3) is 0.267. The number of para-hydroxylation sites is 1. The molecule has 178 valence electrons. The van der Waals surface area contributed by atoms with Crippen molar-refractivity contribution >= 4 is 28.3 Å². The SMILES string of the molecule is Cc1ccc(NC(=O)COc2cccc3ccc(N4CCC(Cc5ccccc5)CC4)nc23)cc1. The van der Waals surface area contributed by atoms with Crippen molar-refractivity contribution in [2.45, 2.75) is 26.2 Å². The van der Waals surface area contributed by atoms with Crippen molar-refractivity contribution in [2.24, 2.45) is 5.92 Å². The van der Waals surface area contributed by atoms with Gasteiger partial charge in [-0.15, -0.1) is 0 Å². The summed E-state index contributed by atoms with van der Waals surface area (Å²) < 4.78 is 5.91. The summed E-state index contributed by atoms with van der Waals surface area (Å²) in [5, 5.41) is 3.88. The van der Waals surface area contributed by atoms with Crippen molar-refractivity contribution in [3.05, 3.63) is 96.1 Å². The summed E-state index contributed by atoms with van der Waals surface area (Å²) in [6.07, 6.45) is 3.46. The largest absolute Gasteiger partial charge is 0.481 e. The van der Waals surface area contributed by atoms with E-state index in [9.17, 15) is 4.79 Å². The van der Waals surface area contributed by atoms with E-state index in [1.165, 1.54) is 5.56 Å². The molecule has 4 aromatic rings. The number of aryl methyl sites for hydroxylation is 1. The Balaban J connectivity index is 1.22. The molecule has 0 saturated carbocycles. The van der Waals surface area contributed by atoms with Gasteiger partial charge in [-0.05, 0) is 68.0 Å². The Morgan fingerprint density at radius 3 is 2.49 bits per heavy atom. The van der Waals surface area contributed by atoms with Crippen molar-refractivity contribution in [1.29, 1.82) is 0 Å². The highest BCUT2D eigenvalue weighted by molar-refractivity contribution is 5.92. The molecule has 5 heteroatoms. The molecular formula is C30H31N3O2. The van der Waals surface area contributed by atoms with E-state index < -0.39 is 0 Å². The third-order valence-corrected chi connectivity index (χ3v) is 6.67. The van der Waals surface area contributed by atoms with Crippen LogP contribution in [0.25, 0.3) is 10.9 Å². The van der Waals surface area contributed by atoms with Crippen LogP contribution in [0.1, 0.15) is 24.0 Å². The van der Waals surface area contributed by atoms with Gasteiger partial charge in [0.15, 0.2) is 6.61 Å². The van der Waals surface area contributed by atoms with Crippen molar-refractivity contribution in [1.82, 2.24) is 4.98 Å².